The molecular weight excluding hydrogens is 498 g/mol. The summed E-state index contributed by atoms with van der Waals surface area (Å²) < 4.78 is 16.9. The van der Waals surface area contributed by atoms with E-state index in [0.29, 0.717) is 35.7 Å². The molecule has 3 aromatic rings. The van der Waals surface area contributed by atoms with Crippen LogP contribution in [0.3, 0.4) is 0 Å². The smallest absolute Gasteiger partial charge is 0.412 e. The first-order valence-electron chi connectivity index (χ1n) is 13.4. The van der Waals surface area contributed by atoms with Crippen molar-refractivity contribution in [1.29, 1.82) is 0 Å². The highest BCUT2D eigenvalue weighted by atomic mass is 16.6. The number of rotatable bonds is 8. The third-order valence-electron chi connectivity index (χ3n) is 8.68. The summed E-state index contributed by atoms with van der Waals surface area (Å²) in [5.41, 5.74) is 3.37. The first-order chi connectivity index (χ1) is 18.7. The van der Waals surface area contributed by atoms with Gasteiger partial charge in [-0.2, -0.15) is 0 Å². The zero-order chi connectivity index (χ0) is 27.4. The molecule has 9 heteroatoms. The standard InChI is InChI=1S/C30H33N3O6/c1-18-25(31-28(36)38-19(2)20-7-5-4-6-8-20)26(39-32-18)21-14-29(15-21)16-33(17-29)23-10-9-22(13-24(23)37-3)30(11-12-30)27(34)35/h4-10,13,19,21H,11-12,14-17H2,1-3H3,(H,31,36)(H,34,35). The number of carbonyl (C=O) groups is 2. The van der Waals surface area contributed by atoms with Crippen LogP contribution < -0.4 is 15.0 Å². The van der Waals surface area contributed by atoms with Gasteiger partial charge >= 0.3 is 12.1 Å². The van der Waals surface area contributed by atoms with Crippen molar-refractivity contribution in [3.8, 4) is 5.75 Å². The third-order valence-corrected chi connectivity index (χ3v) is 8.68. The lowest BCUT2D eigenvalue weighted by molar-refractivity contribution is -0.140. The Bertz CT molecular complexity index is 1400. The van der Waals surface area contributed by atoms with Crippen molar-refractivity contribution in [1.82, 2.24) is 5.16 Å². The van der Waals surface area contributed by atoms with E-state index in [4.69, 9.17) is 14.0 Å². The molecule has 2 heterocycles. The van der Waals surface area contributed by atoms with Crippen LogP contribution in [0.1, 0.15) is 67.2 Å². The van der Waals surface area contributed by atoms with Gasteiger partial charge in [-0.15, -0.1) is 0 Å². The van der Waals surface area contributed by atoms with E-state index in [1.807, 2.05) is 62.4 Å². The summed E-state index contributed by atoms with van der Waals surface area (Å²) in [6.45, 7) is 5.42. The second-order valence-electron chi connectivity index (χ2n) is 11.3. The Labute approximate surface area is 227 Å². The minimum Gasteiger partial charge on any atom is -0.495 e. The maximum absolute atomic E-state index is 12.7. The highest BCUT2D eigenvalue weighted by Gasteiger charge is 2.55. The van der Waals surface area contributed by atoms with Crippen LogP contribution in [0.2, 0.25) is 0 Å². The fourth-order valence-corrected chi connectivity index (χ4v) is 6.25. The number of anilines is 2. The van der Waals surface area contributed by atoms with Crippen LogP contribution in [0, 0.1) is 12.3 Å². The maximum atomic E-state index is 12.7. The van der Waals surface area contributed by atoms with Crippen LogP contribution in [-0.4, -0.2) is 42.5 Å². The Kier molecular flexibility index (Phi) is 6.04. The van der Waals surface area contributed by atoms with Gasteiger partial charge in [-0.25, -0.2) is 4.79 Å². The number of methoxy groups -OCH3 is 1. The summed E-state index contributed by atoms with van der Waals surface area (Å²) in [4.78, 5) is 26.7. The van der Waals surface area contributed by atoms with E-state index in [1.54, 1.807) is 7.11 Å². The van der Waals surface area contributed by atoms with Gasteiger partial charge in [-0.1, -0.05) is 41.6 Å². The number of aliphatic carboxylic acids is 1. The molecule has 9 nitrogen and oxygen atoms in total. The molecule has 3 fully saturated rings. The summed E-state index contributed by atoms with van der Waals surface area (Å²) in [7, 11) is 1.63. The number of nitrogens with zero attached hydrogens (tertiary/aromatic N) is 2. The lowest BCUT2D eigenvalue weighted by atomic mass is 9.57. The minimum absolute atomic E-state index is 0.171. The van der Waals surface area contributed by atoms with Crippen LogP contribution in [-0.2, 0) is 14.9 Å². The Hall–Kier alpha value is -4.01. The lowest BCUT2D eigenvalue weighted by Crippen LogP contribution is -2.62. The van der Waals surface area contributed by atoms with Gasteiger partial charge in [-0.05, 0) is 62.8 Å². The molecule has 2 N–H and O–H groups in total. The van der Waals surface area contributed by atoms with E-state index in [1.165, 1.54) is 0 Å². The molecule has 6 rings (SSSR count). The van der Waals surface area contributed by atoms with Crippen molar-refractivity contribution in [3.05, 3.63) is 71.1 Å². The van der Waals surface area contributed by atoms with Gasteiger partial charge in [0.1, 0.15) is 23.2 Å². The van der Waals surface area contributed by atoms with Gasteiger partial charge in [0, 0.05) is 24.4 Å². The monoisotopic (exact) mass is 531 g/mol. The van der Waals surface area contributed by atoms with Gasteiger partial charge in [0.2, 0.25) is 0 Å². The highest BCUT2D eigenvalue weighted by molar-refractivity contribution is 5.86. The van der Waals surface area contributed by atoms with Gasteiger partial charge in [0.05, 0.1) is 18.2 Å². The van der Waals surface area contributed by atoms with Crippen LogP contribution in [0.15, 0.2) is 53.1 Å². The Morgan fingerprint density at radius 1 is 1.15 bits per heavy atom. The van der Waals surface area contributed by atoms with Crippen LogP contribution in [0.4, 0.5) is 16.2 Å². The molecule has 3 aliphatic rings. The zero-order valence-corrected chi connectivity index (χ0v) is 22.4. The maximum Gasteiger partial charge on any atom is 0.412 e. The molecule has 2 saturated carbocycles. The number of ether oxygens (including phenoxy) is 2. The quantitative estimate of drug-likeness (QED) is 0.375. The lowest BCUT2D eigenvalue weighted by Gasteiger charge is -2.59. The normalized spacial score (nSPS) is 19.5. The Morgan fingerprint density at radius 2 is 1.87 bits per heavy atom. The van der Waals surface area contributed by atoms with Gasteiger partial charge in [0.15, 0.2) is 5.76 Å². The number of nitrogens with one attached hydrogen (secondary N) is 1. The molecule has 2 aliphatic carbocycles. The Morgan fingerprint density at radius 3 is 2.51 bits per heavy atom. The molecule has 1 amide bonds. The van der Waals surface area contributed by atoms with Crippen molar-refractivity contribution >= 4 is 23.4 Å². The summed E-state index contributed by atoms with van der Waals surface area (Å²) >= 11 is 0. The first kappa shape index (κ1) is 25.3. The fourth-order valence-electron chi connectivity index (χ4n) is 6.25. The van der Waals surface area contributed by atoms with Crippen LogP contribution in [0.25, 0.3) is 0 Å². The molecule has 1 saturated heterocycles. The first-order valence-corrected chi connectivity index (χ1v) is 13.4. The number of carbonyl (C=O) groups excluding carboxylic acids is 1. The summed E-state index contributed by atoms with van der Waals surface area (Å²) in [6.07, 6.45) is 2.29. The van der Waals surface area contributed by atoms with E-state index in [9.17, 15) is 14.7 Å². The van der Waals surface area contributed by atoms with Gasteiger partial charge < -0.3 is 24.0 Å². The number of hydrogen-bond acceptors (Lipinski definition) is 7. The molecule has 204 valence electrons. The summed E-state index contributed by atoms with van der Waals surface area (Å²) in [5.74, 6) is 0.818. The van der Waals surface area contributed by atoms with E-state index in [2.05, 4.69) is 15.4 Å². The van der Waals surface area contributed by atoms with Gasteiger partial charge in [-0.3, -0.25) is 10.1 Å². The summed E-state index contributed by atoms with van der Waals surface area (Å²) in [6, 6.07) is 15.4. The predicted octanol–water partition coefficient (Wildman–Crippen LogP) is 5.80. The molecule has 0 bridgehead atoms. The average Bonchev–Trinajstić information content (AvgIpc) is 3.63. The van der Waals surface area contributed by atoms with E-state index in [-0.39, 0.29) is 17.4 Å². The molecule has 0 radical (unpaired) electrons. The topological polar surface area (TPSA) is 114 Å². The van der Waals surface area contributed by atoms with E-state index < -0.39 is 17.5 Å². The number of carboxylic acids is 1. The number of aromatic nitrogens is 1. The summed E-state index contributed by atoms with van der Waals surface area (Å²) in [5, 5.41) is 16.6. The predicted molar refractivity (Wildman–Crippen MR) is 144 cm³/mol. The number of amides is 1. The second-order valence-corrected chi connectivity index (χ2v) is 11.3. The van der Waals surface area contributed by atoms with Crippen LogP contribution in [0.5, 0.6) is 5.75 Å². The SMILES string of the molecule is COc1cc(C2(C(=O)O)CC2)ccc1N1CC2(CC(c3onc(C)c3NC(=O)OC(C)c3ccccc3)C2)C1. The zero-order valence-electron chi connectivity index (χ0n) is 22.4. The van der Waals surface area contributed by atoms with Gasteiger partial charge in [0.25, 0.3) is 0 Å². The van der Waals surface area contributed by atoms with E-state index in [0.717, 1.165) is 42.7 Å². The number of aryl methyl sites for hydroxylation is 1. The van der Waals surface area contributed by atoms with E-state index >= 15 is 0 Å². The Balaban J connectivity index is 1.07. The average molecular weight is 532 g/mol. The molecule has 1 spiro atoms. The van der Waals surface area contributed by atoms with Crippen molar-refractivity contribution in [2.45, 2.75) is 57.0 Å². The second kappa shape index (κ2) is 9.32. The number of carboxylic acid groups (broad SMARTS) is 1. The molecule has 1 atom stereocenters. The van der Waals surface area contributed by atoms with Crippen LogP contribution >= 0.6 is 0 Å². The largest absolute Gasteiger partial charge is 0.495 e. The molecule has 1 aliphatic heterocycles. The fraction of sp³-hybridized carbons (Fsp3) is 0.433. The van der Waals surface area contributed by atoms with Crippen molar-refractivity contribution in [3.63, 3.8) is 0 Å². The number of benzene rings is 2. The minimum atomic E-state index is -0.767. The van der Waals surface area contributed by atoms with Crippen molar-refractivity contribution < 1.29 is 28.7 Å². The molecule has 1 aromatic heterocycles. The molecule has 39 heavy (non-hydrogen) atoms. The van der Waals surface area contributed by atoms with Crippen molar-refractivity contribution in [2.75, 3.05) is 30.4 Å². The molecule has 2 aromatic carbocycles. The highest BCUT2D eigenvalue weighted by Crippen LogP contribution is 2.59. The molecule has 1 unspecified atom stereocenters. The van der Waals surface area contributed by atoms with Crippen molar-refractivity contribution in [2.24, 2.45) is 5.41 Å². The molecular formula is C30H33N3O6. The third kappa shape index (κ3) is 4.39. The number of hydrogen-bond donors (Lipinski definition) is 2.